The van der Waals surface area contributed by atoms with Gasteiger partial charge in [0.2, 0.25) is 5.91 Å². The highest BCUT2D eigenvalue weighted by atomic mass is 16.2. The van der Waals surface area contributed by atoms with Gasteiger partial charge in [0.1, 0.15) is 0 Å². The minimum Gasteiger partial charge on any atom is -0.339 e. The van der Waals surface area contributed by atoms with Gasteiger partial charge in [-0.05, 0) is 17.9 Å². The average molecular weight is 233 g/mol. The van der Waals surface area contributed by atoms with Gasteiger partial charge in [-0.25, -0.2) is 0 Å². The van der Waals surface area contributed by atoms with Crippen molar-refractivity contribution in [2.24, 2.45) is 5.41 Å². The molecule has 0 fully saturated rings. The summed E-state index contributed by atoms with van der Waals surface area (Å²) in [4.78, 5) is 13.9. The quantitative estimate of drug-likeness (QED) is 0.780. The molecule has 2 heteroatoms. The van der Waals surface area contributed by atoms with Crippen LogP contribution in [0.25, 0.3) is 0 Å². The maximum absolute atomic E-state index is 12.1. The Bertz CT molecular complexity index is 364. The van der Waals surface area contributed by atoms with Crippen LogP contribution in [0.3, 0.4) is 0 Å². The first-order valence-electron chi connectivity index (χ1n) is 6.12. The van der Waals surface area contributed by atoms with Crippen LogP contribution in [0.1, 0.15) is 45.7 Å². The van der Waals surface area contributed by atoms with Crippen molar-refractivity contribution in [1.82, 2.24) is 4.90 Å². The van der Waals surface area contributed by atoms with Gasteiger partial charge in [-0.15, -0.1) is 0 Å². The standard InChI is InChI=1S/C15H23NO/c1-12(13-9-7-6-8-10-13)16(5)14(17)11-15(2,3)4/h6-10,12H,11H2,1-5H3. The van der Waals surface area contributed by atoms with Crippen molar-refractivity contribution in [3.63, 3.8) is 0 Å². The molecule has 1 atom stereocenters. The Hall–Kier alpha value is -1.31. The minimum absolute atomic E-state index is 0.0434. The third-order valence-corrected chi connectivity index (χ3v) is 2.94. The van der Waals surface area contributed by atoms with Crippen LogP contribution in [0, 0.1) is 5.41 Å². The van der Waals surface area contributed by atoms with Gasteiger partial charge in [0.25, 0.3) is 0 Å². The molecule has 2 nitrogen and oxygen atoms in total. The van der Waals surface area contributed by atoms with E-state index in [2.05, 4.69) is 39.8 Å². The minimum atomic E-state index is 0.0434. The summed E-state index contributed by atoms with van der Waals surface area (Å²) < 4.78 is 0. The largest absolute Gasteiger partial charge is 0.339 e. The molecule has 0 aliphatic carbocycles. The second-order valence-electron chi connectivity index (χ2n) is 5.83. The summed E-state index contributed by atoms with van der Waals surface area (Å²) in [6.07, 6.45) is 0.584. The fraction of sp³-hybridized carbons (Fsp3) is 0.533. The number of hydrogen-bond donors (Lipinski definition) is 0. The Morgan fingerprint density at radius 2 is 1.76 bits per heavy atom. The lowest BCUT2D eigenvalue weighted by atomic mass is 9.91. The Kier molecular flexibility index (Phi) is 4.33. The molecule has 0 bridgehead atoms. The van der Waals surface area contributed by atoms with E-state index in [1.54, 1.807) is 0 Å². The number of amides is 1. The second-order valence-corrected chi connectivity index (χ2v) is 5.83. The summed E-state index contributed by atoms with van der Waals surface area (Å²) in [6.45, 7) is 8.33. The number of rotatable bonds is 3. The molecule has 0 heterocycles. The molecule has 0 aliphatic rings. The highest BCUT2D eigenvalue weighted by molar-refractivity contribution is 5.77. The first kappa shape index (κ1) is 13.8. The van der Waals surface area contributed by atoms with Crippen molar-refractivity contribution >= 4 is 5.91 Å². The van der Waals surface area contributed by atoms with E-state index in [-0.39, 0.29) is 17.4 Å². The molecule has 0 saturated carbocycles. The van der Waals surface area contributed by atoms with Gasteiger partial charge in [0.05, 0.1) is 6.04 Å². The molecule has 0 aliphatic heterocycles. The van der Waals surface area contributed by atoms with E-state index in [4.69, 9.17) is 0 Å². The highest BCUT2D eigenvalue weighted by Gasteiger charge is 2.22. The molecule has 94 valence electrons. The normalized spacial score (nSPS) is 13.2. The Balaban J connectivity index is 2.70. The van der Waals surface area contributed by atoms with E-state index in [0.717, 1.165) is 0 Å². The van der Waals surface area contributed by atoms with E-state index >= 15 is 0 Å². The molecule has 0 spiro atoms. The van der Waals surface area contributed by atoms with Gasteiger partial charge in [0, 0.05) is 13.5 Å². The van der Waals surface area contributed by atoms with E-state index in [1.165, 1.54) is 5.56 Å². The van der Waals surface area contributed by atoms with Crippen molar-refractivity contribution < 1.29 is 4.79 Å². The molecule has 1 aromatic rings. The lowest BCUT2D eigenvalue weighted by Gasteiger charge is -2.28. The number of nitrogens with zero attached hydrogens (tertiary/aromatic N) is 1. The number of hydrogen-bond acceptors (Lipinski definition) is 1. The van der Waals surface area contributed by atoms with Crippen LogP contribution in [-0.2, 0) is 4.79 Å². The molecule has 0 aromatic heterocycles. The topological polar surface area (TPSA) is 20.3 Å². The maximum atomic E-state index is 12.1. The fourth-order valence-electron chi connectivity index (χ4n) is 1.75. The SMILES string of the molecule is CC(c1ccccc1)N(C)C(=O)CC(C)(C)C. The van der Waals surface area contributed by atoms with Crippen molar-refractivity contribution in [2.75, 3.05) is 7.05 Å². The van der Waals surface area contributed by atoms with Gasteiger partial charge in [-0.3, -0.25) is 4.79 Å². The van der Waals surface area contributed by atoms with Crippen LogP contribution >= 0.6 is 0 Å². The van der Waals surface area contributed by atoms with Crippen molar-refractivity contribution in [2.45, 2.75) is 40.2 Å². The van der Waals surface area contributed by atoms with Crippen molar-refractivity contribution in [1.29, 1.82) is 0 Å². The first-order chi connectivity index (χ1) is 7.81. The summed E-state index contributed by atoms with van der Waals surface area (Å²) in [5.41, 5.74) is 1.22. The first-order valence-corrected chi connectivity index (χ1v) is 6.12. The predicted octanol–water partition coefficient (Wildman–Crippen LogP) is 3.64. The second kappa shape index (κ2) is 5.35. The van der Waals surface area contributed by atoms with Gasteiger partial charge in [-0.2, -0.15) is 0 Å². The number of benzene rings is 1. The fourth-order valence-corrected chi connectivity index (χ4v) is 1.75. The average Bonchev–Trinajstić information content (AvgIpc) is 2.26. The molecule has 0 N–H and O–H groups in total. The van der Waals surface area contributed by atoms with Crippen LogP contribution in [-0.4, -0.2) is 17.9 Å². The van der Waals surface area contributed by atoms with E-state index in [1.807, 2.05) is 30.1 Å². The molecule has 1 unspecified atom stereocenters. The maximum Gasteiger partial charge on any atom is 0.223 e. The smallest absolute Gasteiger partial charge is 0.223 e. The molecule has 1 aromatic carbocycles. The molecule has 0 saturated heterocycles. The summed E-state index contributed by atoms with van der Waals surface area (Å²) in [6, 6.07) is 10.3. The van der Waals surface area contributed by atoms with Crippen LogP contribution in [0.15, 0.2) is 30.3 Å². The lowest BCUT2D eigenvalue weighted by molar-refractivity contribution is -0.133. The lowest BCUT2D eigenvalue weighted by Crippen LogP contribution is -2.32. The van der Waals surface area contributed by atoms with Crippen LogP contribution in [0.2, 0.25) is 0 Å². The summed E-state index contributed by atoms with van der Waals surface area (Å²) >= 11 is 0. The molecule has 1 amide bonds. The Labute approximate surface area is 105 Å². The van der Waals surface area contributed by atoms with E-state index < -0.39 is 0 Å². The van der Waals surface area contributed by atoms with Crippen molar-refractivity contribution in [3.8, 4) is 0 Å². The zero-order valence-corrected chi connectivity index (χ0v) is 11.5. The van der Waals surface area contributed by atoms with Crippen LogP contribution < -0.4 is 0 Å². The van der Waals surface area contributed by atoms with E-state index in [9.17, 15) is 4.79 Å². The summed E-state index contributed by atoms with van der Waals surface area (Å²) in [5, 5.41) is 0. The van der Waals surface area contributed by atoms with Gasteiger partial charge < -0.3 is 4.90 Å². The van der Waals surface area contributed by atoms with Gasteiger partial charge in [-0.1, -0.05) is 51.1 Å². The zero-order chi connectivity index (χ0) is 13.1. The van der Waals surface area contributed by atoms with Crippen LogP contribution in [0.5, 0.6) is 0 Å². The number of carbonyl (C=O) groups is 1. The zero-order valence-electron chi connectivity index (χ0n) is 11.5. The molecule has 17 heavy (non-hydrogen) atoms. The van der Waals surface area contributed by atoms with Crippen molar-refractivity contribution in [3.05, 3.63) is 35.9 Å². The Morgan fingerprint density at radius 1 is 1.24 bits per heavy atom. The molecular weight excluding hydrogens is 210 g/mol. The predicted molar refractivity (Wildman–Crippen MR) is 71.7 cm³/mol. The molecule has 1 rings (SSSR count). The number of carbonyl (C=O) groups excluding carboxylic acids is 1. The summed E-state index contributed by atoms with van der Waals surface area (Å²) in [7, 11) is 1.88. The third kappa shape index (κ3) is 4.22. The molecule has 0 radical (unpaired) electrons. The summed E-state index contributed by atoms with van der Waals surface area (Å²) in [5.74, 6) is 0.203. The third-order valence-electron chi connectivity index (χ3n) is 2.94. The monoisotopic (exact) mass is 233 g/mol. The Morgan fingerprint density at radius 3 is 2.24 bits per heavy atom. The van der Waals surface area contributed by atoms with Crippen LogP contribution in [0.4, 0.5) is 0 Å². The van der Waals surface area contributed by atoms with Gasteiger partial charge in [0.15, 0.2) is 0 Å². The van der Waals surface area contributed by atoms with E-state index in [0.29, 0.717) is 6.42 Å². The van der Waals surface area contributed by atoms with Gasteiger partial charge >= 0.3 is 0 Å². The molecular formula is C15H23NO. The highest BCUT2D eigenvalue weighted by Crippen LogP contribution is 2.24.